The number of benzene rings is 2. The van der Waals surface area contributed by atoms with Crippen LogP contribution in [0.2, 0.25) is 5.02 Å². The van der Waals surface area contributed by atoms with Crippen LogP contribution in [-0.4, -0.2) is 15.6 Å². The van der Waals surface area contributed by atoms with Crippen molar-refractivity contribution in [1.29, 1.82) is 0 Å². The van der Waals surface area contributed by atoms with Gasteiger partial charge in [-0.3, -0.25) is 10.1 Å². The van der Waals surface area contributed by atoms with Crippen molar-refractivity contribution in [2.24, 2.45) is 0 Å². The summed E-state index contributed by atoms with van der Waals surface area (Å²) in [5.41, 5.74) is 2.91. The highest BCUT2D eigenvalue weighted by Crippen LogP contribution is 2.23. The molecule has 0 saturated heterocycles. The zero-order valence-electron chi connectivity index (χ0n) is 13.6. The van der Waals surface area contributed by atoms with Crippen molar-refractivity contribution < 1.29 is 9.32 Å². The number of carbonyl (C=O) groups excluding carboxylic acids is 1. The third-order valence-corrected chi connectivity index (χ3v) is 4.15. The van der Waals surface area contributed by atoms with E-state index in [1.54, 1.807) is 24.3 Å². The van der Waals surface area contributed by atoms with Gasteiger partial charge in [-0.2, -0.15) is 0 Å². The van der Waals surface area contributed by atoms with E-state index in [2.05, 4.69) is 10.5 Å². The summed E-state index contributed by atoms with van der Waals surface area (Å²) in [7, 11) is 0. The number of hydrogen-bond donors (Lipinski definition) is 1. The number of halogens is 1. The molecule has 2 aromatic heterocycles. The number of hydrogen-bond acceptors (Lipinski definition) is 3. The molecule has 6 heteroatoms. The second kappa shape index (κ2) is 6.90. The first kappa shape index (κ1) is 16.2. The number of amides is 1. The Kier molecular flexibility index (Phi) is 4.29. The van der Waals surface area contributed by atoms with Crippen LogP contribution in [-0.2, 0) is 0 Å². The number of anilines is 1. The molecule has 1 N–H and O–H groups in total. The SMILES string of the molecule is O=C(Nc1cc(-c2ccc(Cl)cc2)no1)c1cccc(-n2cccc2)c1. The van der Waals surface area contributed by atoms with Gasteiger partial charge in [0.2, 0.25) is 5.88 Å². The molecule has 0 atom stereocenters. The number of carbonyl (C=O) groups is 1. The van der Waals surface area contributed by atoms with E-state index < -0.39 is 0 Å². The molecule has 0 bridgehead atoms. The Morgan fingerprint density at radius 3 is 2.54 bits per heavy atom. The lowest BCUT2D eigenvalue weighted by Gasteiger charge is -2.06. The molecule has 4 rings (SSSR count). The maximum absolute atomic E-state index is 12.5. The van der Waals surface area contributed by atoms with Gasteiger partial charge in [0.15, 0.2) is 0 Å². The summed E-state index contributed by atoms with van der Waals surface area (Å²) in [6.45, 7) is 0. The lowest BCUT2D eigenvalue weighted by Crippen LogP contribution is -2.11. The highest BCUT2D eigenvalue weighted by Gasteiger charge is 2.12. The second-order valence-corrected chi connectivity index (χ2v) is 6.11. The third-order valence-electron chi connectivity index (χ3n) is 3.90. The molecule has 0 saturated carbocycles. The first-order valence-electron chi connectivity index (χ1n) is 7.96. The van der Waals surface area contributed by atoms with Crippen LogP contribution in [0, 0.1) is 0 Å². The standard InChI is InChI=1S/C20H14ClN3O2/c21-16-8-6-14(7-9-16)18-13-19(26-23-18)22-20(25)15-4-3-5-17(12-15)24-10-1-2-11-24/h1-13H,(H,22,25). The fraction of sp³-hybridized carbons (Fsp3) is 0. The van der Waals surface area contributed by atoms with Crippen LogP contribution in [0.25, 0.3) is 16.9 Å². The Bertz CT molecular complexity index is 1040. The van der Waals surface area contributed by atoms with Crippen molar-refractivity contribution in [3.63, 3.8) is 0 Å². The largest absolute Gasteiger partial charge is 0.338 e. The molecule has 5 nitrogen and oxygen atoms in total. The summed E-state index contributed by atoms with van der Waals surface area (Å²) in [5.74, 6) is 0.0177. The van der Waals surface area contributed by atoms with Crippen LogP contribution in [0.5, 0.6) is 0 Å². The zero-order valence-corrected chi connectivity index (χ0v) is 14.4. The number of rotatable bonds is 4. The Balaban J connectivity index is 1.52. The van der Waals surface area contributed by atoms with Gasteiger partial charge in [0.05, 0.1) is 0 Å². The van der Waals surface area contributed by atoms with Crippen LogP contribution in [0.4, 0.5) is 5.88 Å². The molecule has 0 fully saturated rings. The van der Waals surface area contributed by atoms with Crippen molar-refractivity contribution in [2.75, 3.05) is 5.32 Å². The fourth-order valence-corrected chi connectivity index (χ4v) is 2.72. The van der Waals surface area contributed by atoms with Gasteiger partial charge in [-0.15, -0.1) is 0 Å². The maximum atomic E-state index is 12.5. The molecule has 26 heavy (non-hydrogen) atoms. The van der Waals surface area contributed by atoms with Crippen molar-refractivity contribution in [3.05, 3.63) is 89.7 Å². The molecule has 2 aromatic carbocycles. The molecule has 0 aliphatic heterocycles. The van der Waals surface area contributed by atoms with Gasteiger partial charge in [-0.25, -0.2) is 0 Å². The third kappa shape index (κ3) is 3.38. The molecule has 0 unspecified atom stereocenters. The Morgan fingerprint density at radius 1 is 1.00 bits per heavy atom. The van der Waals surface area contributed by atoms with Crippen molar-refractivity contribution >= 4 is 23.4 Å². The summed E-state index contributed by atoms with van der Waals surface area (Å²) < 4.78 is 7.16. The lowest BCUT2D eigenvalue weighted by molar-refractivity contribution is 0.102. The van der Waals surface area contributed by atoms with Gasteiger partial charge < -0.3 is 9.09 Å². The van der Waals surface area contributed by atoms with Crippen LogP contribution in [0.1, 0.15) is 10.4 Å². The molecule has 0 spiro atoms. The van der Waals surface area contributed by atoms with Crippen LogP contribution in [0.3, 0.4) is 0 Å². The molecule has 4 aromatic rings. The van der Waals surface area contributed by atoms with Gasteiger partial charge in [0.25, 0.3) is 5.91 Å². The minimum Gasteiger partial charge on any atom is -0.338 e. The van der Waals surface area contributed by atoms with Gasteiger partial charge in [0.1, 0.15) is 5.69 Å². The van der Waals surface area contributed by atoms with E-state index in [9.17, 15) is 4.79 Å². The van der Waals surface area contributed by atoms with E-state index >= 15 is 0 Å². The van der Waals surface area contributed by atoms with E-state index in [4.69, 9.17) is 16.1 Å². The molecule has 128 valence electrons. The molecule has 1 amide bonds. The summed E-state index contributed by atoms with van der Waals surface area (Å²) in [6, 6.07) is 20.1. The quantitative estimate of drug-likeness (QED) is 0.552. The predicted molar refractivity (Wildman–Crippen MR) is 101 cm³/mol. The fourth-order valence-electron chi connectivity index (χ4n) is 2.59. The smallest absolute Gasteiger partial charge is 0.258 e. The van der Waals surface area contributed by atoms with Crippen LogP contribution < -0.4 is 5.32 Å². The topological polar surface area (TPSA) is 60.1 Å². The number of nitrogens with one attached hydrogen (secondary N) is 1. The minimum atomic E-state index is -0.266. The van der Waals surface area contributed by atoms with Gasteiger partial charge in [-0.05, 0) is 42.5 Å². The number of aromatic nitrogens is 2. The van der Waals surface area contributed by atoms with Crippen molar-refractivity contribution in [2.45, 2.75) is 0 Å². The van der Waals surface area contributed by atoms with Crippen molar-refractivity contribution in [1.82, 2.24) is 9.72 Å². The summed E-state index contributed by atoms with van der Waals surface area (Å²) >= 11 is 5.89. The predicted octanol–water partition coefficient (Wildman–Crippen LogP) is 5.04. The van der Waals surface area contributed by atoms with E-state index in [1.807, 2.05) is 59.4 Å². The first-order chi connectivity index (χ1) is 12.7. The normalized spacial score (nSPS) is 10.7. The average molecular weight is 364 g/mol. The van der Waals surface area contributed by atoms with Crippen LogP contribution >= 0.6 is 11.6 Å². The molecular formula is C20H14ClN3O2. The maximum Gasteiger partial charge on any atom is 0.258 e. The van der Waals surface area contributed by atoms with Gasteiger partial charge in [-0.1, -0.05) is 35.0 Å². The summed E-state index contributed by atoms with van der Waals surface area (Å²) in [5, 5.41) is 7.36. The summed E-state index contributed by atoms with van der Waals surface area (Å²) in [4.78, 5) is 12.5. The van der Waals surface area contributed by atoms with E-state index in [0.29, 0.717) is 16.3 Å². The molecule has 0 aliphatic rings. The highest BCUT2D eigenvalue weighted by molar-refractivity contribution is 6.30. The second-order valence-electron chi connectivity index (χ2n) is 5.68. The minimum absolute atomic E-state index is 0.266. The highest BCUT2D eigenvalue weighted by atomic mass is 35.5. The van der Waals surface area contributed by atoms with Crippen LogP contribution in [0.15, 0.2) is 83.6 Å². The molecule has 2 heterocycles. The van der Waals surface area contributed by atoms with E-state index in [0.717, 1.165) is 11.3 Å². The van der Waals surface area contributed by atoms with Gasteiger partial charge >= 0.3 is 0 Å². The Morgan fingerprint density at radius 2 is 1.77 bits per heavy atom. The zero-order chi connectivity index (χ0) is 17.9. The molecule has 0 aliphatic carbocycles. The molecular weight excluding hydrogens is 350 g/mol. The monoisotopic (exact) mass is 363 g/mol. The lowest BCUT2D eigenvalue weighted by atomic mass is 10.1. The molecule has 0 radical (unpaired) electrons. The van der Waals surface area contributed by atoms with Crippen molar-refractivity contribution in [3.8, 4) is 16.9 Å². The van der Waals surface area contributed by atoms with Gasteiger partial charge in [0, 0.05) is 40.3 Å². The Hall–Kier alpha value is -3.31. The summed E-state index contributed by atoms with van der Waals surface area (Å²) in [6.07, 6.45) is 3.84. The van der Waals surface area contributed by atoms with E-state index in [1.165, 1.54) is 0 Å². The Labute approximate surface area is 154 Å². The van der Waals surface area contributed by atoms with E-state index in [-0.39, 0.29) is 11.8 Å². The number of nitrogens with zero attached hydrogens (tertiary/aromatic N) is 2. The average Bonchev–Trinajstić information content (AvgIpc) is 3.34. The first-order valence-corrected chi connectivity index (χ1v) is 8.34.